The Hall–Kier alpha value is -1.89. The van der Waals surface area contributed by atoms with Crippen LogP contribution in [0.3, 0.4) is 0 Å². The second-order valence-electron chi connectivity index (χ2n) is 4.73. The maximum atomic E-state index is 12.1. The molecule has 0 saturated carbocycles. The summed E-state index contributed by atoms with van der Waals surface area (Å²) >= 11 is 1.42. The molecule has 0 aliphatic carbocycles. The van der Waals surface area contributed by atoms with Crippen LogP contribution in [0.15, 0.2) is 17.5 Å². The Kier molecular flexibility index (Phi) is 4.73. The molecule has 108 valence electrons. The molecule has 1 aliphatic heterocycles. The summed E-state index contributed by atoms with van der Waals surface area (Å²) < 4.78 is 0. The van der Waals surface area contributed by atoms with Gasteiger partial charge in [-0.05, 0) is 24.3 Å². The topological polar surface area (TPSA) is 92.5 Å². The Morgan fingerprint density at radius 1 is 1.35 bits per heavy atom. The number of amides is 3. The quantitative estimate of drug-likeness (QED) is 0.831. The van der Waals surface area contributed by atoms with Gasteiger partial charge in [0, 0.05) is 19.0 Å². The van der Waals surface area contributed by atoms with Crippen molar-refractivity contribution in [3.05, 3.63) is 22.4 Å². The zero-order chi connectivity index (χ0) is 14.5. The summed E-state index contributed by atoms with van der Waals surface area (Å²) in [6.07, 6.45) is 1.23. The van der Waals surface area contributed by atoms with E-state index in [1.165, 1.54) is 11.3 Å². The van der Waals surface area contributed by atoms with Gasteiger partial charge in [-0.25, -0.2) is 0 Å². The van der Waals surface area contributed by atoms with Crippen LogP contribution < -0.4 is 11.1 Å². The van der Waals surface area contributed by atoms with E-state index in [0.29, 0.717) is 25.9 Å². The number of nitrogens with two attached hydrogens (primary N) is 1. The molecule has 0 bridgehead atoms. The number of carbonyl (C=O) groups is 3. The highest BCUT2D eigenvalue weighted by Crippen LogP contribution is 2.20. The van der Waals surface area contributed by atoms with Crippen LogP contribution in [0, 0.1) is 5.92 Å². The third kappa shape index (κ3) is 3.57. The first-order valence-electron chi connectivity index (χ1n) is 6.46. The van der Waals surface area contributed by atoms with Crippen LogP contribution in [0.2, 0.25) is 0 Å². The van der Waals surface area contributed by atoms with Gasteiger partial charge in [-0.15, -0.1) is 11.3 Å². The van der Waals surface area contributed by atoms with Crippen molar-refractivity contribution >= 4 is 29.1 Å². The molecule has 1 aromatic heterocycles. The molecular formula is C13H17N3O3S. The first-order valence-corrected chi connectivity index (χ1v) is 7.34. The molecule has 3 amide bonds. The minimum absolute atomic E-state index is 0.0241. The Morgan fingerprint density at radius 3 is 2.60 bits per heavy atom. The van der Waals surface area contributed by atoms with Gasteiger partial charge in [0.2, 0.25) is 11.8 Å². The van der Waals surface area contributed by atoms with Crippen LogP contribution in [0.5, 0.6) is 0 Å². The number of nitrogens with one attached hydrogen (secondary N) is 1. The van der Waals surface area contributed by atoms with E-state index in [9.17, 15) is 14.4 Å². The summed E-state index contributed by atoms with van der Waals surface area (Å²) in [4.78, 5) is 37.0. The van der Waals surface area contributed by atoms with Crippen LogP contribution in [0.25, 0.3) is 0 Å². The summed E-state index contributed by atoms with van der Waals surface area (Å²) in [7, 11) is 0. The minimum Gasteiger partial charge on any atom is -0.368 e. The Labute approximate surface area is 120 Å². The Bertz CT molecular complexity index is 493. The fraction of sp³-hybridized carbons (Fsp3) is 0.462. The first kappa shape index (κ1) is 14.5. The number of hydrogen-bond acceptors (Lipinski definition) is 4. The Morgan fingerprint density at radius 2 is 2.05 bits per heavy atom. The van der Waals surface area contributed by atoms with Gasteiger partial charge in [-0.2, -0.15) is 0 Å². The summed E-state index contributed by atoms with van der Waals surface area (Å²) in [5.41, 5.74) is 4.98. The van der Waals surface area contributed by atoms with Gasteiger partial charge >= 0.3 is 0 Å². The van der Waals surface area contributed by atoms with Gasteiger partial charge < -0.3 is 16.0 Å². The van der Waals surface area contributed by atoms with Gasteiger partial charge in [0.15, 0.2) is 0 Å². The molecule has 20 heavy (non-hydrogen) atoms. The highest BCUT2D eigenvalue weighted by atomic mass is 32.1. The van der Waals surface area contributed by atoms with Crippen LogP contribution in [0.4, 0.5) is 0 Å². The van der Waals surface area contributed by atoms with Crippen molar-refractivity contribution in [3.8, 4) is 0 Å². The van der Waals surface area contributed by atoms with Crippen molar-refractivity contribution in [2.75, 3.05) is 19.6 Å². The number of primary amides is 1. The fourth-order valence-electron chi connectivity index (χ4n) is 2.22. The van der Waals surface area contributed by atoms with Crippen LogP contribution in [0.1, 0.15) is 22.5 Å². The van der Waals surface area contributed by atoms with Gasteiger partial charge in [0.25, 0.3) is 5.91 Å². The molecule has 2 heterocycles. The number of rotatable bonds is 4. The van der Waals surface area contributed by atoms with E-state index < -0.39 is 5.91 Å². The molecule has 0 atom stereocenters. The van der Waals surface area contributed by atoms with Crippen LogP contribution in [-0.4, -0.2) is 42.3 Å². The molecule has 2 rings (SSSR count). The van der Waals surface area contributed by atoms with Gasteiger partial charge in [-0.1, -0.05) is 6.07 Å². The second kappa shape index (κ2) is 6.51. The first-order chi connectivity index (χ1) is 9.58. The van der Waals surface area contributed by atoms with Crippen molar-refractivity contribution < 1.29 is 14.4 Å². The molecule has 0 radical (unpaired) electrons. The summed E-state index contributed by atoms with van der Waals surface area (Å²) in [5.74, 6) is -0.839. The predicted octanol–water partition coefficient (Wildman–Crippen LogP) is 0.202. The van der Waals surface area contributed by atoms with E-state index in [4.69, 9.17) is 5.73 Å². The molecular weight excluding hydrogens is 278 g/mol. The van der Waals surface area contributed by atoms with Crippen molar-refractivity contribution in [1.29, 1.82) is 0 Å². The molecule has 7 heteroatoms. The molecule has 1 fully saturated rings. The lowest BCUT2D eigenvalue weighted by atomic mass is 9.96. The average Bonchev–Trinajstić information content (AvgIpc) is 2.98. The highest BCUT2D eigenvalue weighted by molar-refractivity contribution is 7.12. The van der Waals surface area contributed by atoms with Crippen LogP contribution in [-0.2, 0) is 9.59 Å². The number of hydrogen-bond donors (Lipinski definition) is 2. The van der Waals surface area contributed by atoms with Gasteiger partial charge in [-0.3, -0.25) is 14.4 Å². The fourth-order valence-corrected chi connectivity index (χ4v) is 2.91. The molecule has 1 saturated heterocycles. The lowest BCUT2D eigenvalue weighted by molar-refractivity contribution is -0.128. The lowest BCUT2D eigenvalue weighted by Gasteiger charge is -2.31. The normalized spacial score (nSPS) is 15.9. The number of piperidine rings is 1. The van der Waals surface area contributed by atoms with E-state index in [-0.39, 0.29) is 24.3 Å². The zero-order valence-electron chi connectivity index (χ0n) is 11.0. The minimum atomic E-state index is -0.552. The molecule has 1 aliphatic rings. The lowest BCUT2D eigenvalue weighted by Crippen LogP contribution is -2.44. The van der Waals surface area contributed by atoms with Crippen molar-refractivity contribution in [3.63, 3.8) is 0 Å². The SMILES string of the molecule is NC(=O)CNC(=O)C1CCN(C(=O)c2cccs2)CC1. The van der Waals surface area contributed by atoms with Gasteiger partial charge in [0.05, 0.1) is 11.4 Å². The molecule has 6 nitrogen and oxygen atoms in total. The smallest absolute Gasteiger partial charge is 0.263 e. The molecule has 3 N–H and O–H groups in total. The molecule has 0 aromatic carbocycles. The summed E-state index contributed by atoms with van der Waals surface area (Å²) in [6, 6.07) is 3.65. The average molecular weight is 295 g/mol. The summed E-state index contributed by atoms with van der Waals surface area (Å²) in [6.45, 7) is 0.990. The van der Waals surface area contributed by atoms with Crippen LogP contribution >= 0.6 is 11.3 Å². The molecule has 0 spiro atoms. The monoisotopic (exact) mass is 295 g/mol. The summed E-state index contributed by atoms with van der Waals surface area (Å²) in [5, 5.41) is 4.38. The third-order valence-electron chi connectivity index (χ3n) is 3.32. The highest BCUT2D eigenvalue weighted by Gasteiger charge is 2.28. The maximum absolute atomic E-state index is 12.1. The van der Waals surface area contributed by atoms with Crippen molar-refractivity contribution in [1.82, 2.24) is 10.2 Å². The second-order valence-corrected chi connectivity index (χ2v) is 5.68. The molecule has 1 aromatic rings. The van der Waals surface area contributed by atoms with Crippen molar-refractivity contribution in [2.24, 2.45) is 11.7 Å². The van der Waals surface area contributed by atoms with E-state index >= 15 is 0 Å². The predicted molar refractivity (Wildman–Crippen MR) is 75.2 cm³/mol. The largest absolute Gasteiger partial charge is 0.368 e. The Balaban J connectivity index is 1.82. The van der Waals surface area contributed by atoms with E-state index in [0.717, 1.165) is 4.88 Å². The van der Waals surface area contributed by atoms with E-state index in [1.807, 2.05) is 11.4 Å². The van der Waals surface area contributed by atoms with Gasteiger partial charge in [0.1, 0.15) is 0 Å². The standard InChI is InChI=1S/C13H17N3O3S/c14-11(17)8-15-12(18)9-3-5-16(6-4-9)13(19)10-2-1-7-20-10/h1-2,7,9H,3-6,8H2,(H2,14,17)(H,15,18). The van der Waals surface area contributed by atoms with E-state index in [2.05, 4.69) is 5.32 Å². The maximum Gasteiger partial charge on any atom is 0.263 e. The molecule has 0 unspecified atom stereocenters. The number of carbonyl (C=O) groups excluding carboxylic acids is 3. The third-order valence-corrected chi connectivity index (χ3v) is 4.18. The zero-order valence-corrected chi connectivity index (χ0v) is 11.8. The van der Waals surface area contributed by atoms with E-state index in [1.54, 1.807) is 11.0 Å². The number of nitrogens with zero attached hydrogens (tertiary/aromatic N) is 1. The number of likely N-dealkylation sites (tertiary alicyclic amines) is 1. The number of thiophene rings is 1. The van der Waals surface area contributed by atoms with Crippen molar-refractivity contribution in [2.45, 2.75) is 12.8 Å².